The summed E-state index contributed by atoms with van der Waals surface area (Å²) in [6.45, 7) is 0. The summed E-state index contributed by atoms with van der Waals surface area (Å²) < 4.78 is 37.8. The second kappa shape index (κ2) is 4.90. The summed E-state index contributed by atoms with van der Waals surface area (Å²) in [6, 6.07) is 4.94. The molecular formula is C12H6Cl2F3NO. The summed E-state index contributed by atoms with van der Waals surface area (Å²) in [5.41, 5.74) is -1.51. The first-order valence-corrected chi connectivity index (χ1v) is 5.79. The quantitative estimate of drug-likeness (QED) is 0.834. The van der Waals surface area contributed by atoms with Gasteiger partial charge in [0, 0.05) is 21.8 Å². The van der Waals surface area contributed by atoms with Crippen molar-refractivity contribution in [2.45, 2.75) is 6.18 Å². The van der Waals surface area contributed by atoms with Gasteiger partial charge in [0.05, 0.1) is 5.56 Å². The number of hydrogen-bond donors (Lipinski definition) is 1. The fourth-order valence-corrected chi connectivity index (χ4v) is 2.10. The average Bonchev–Trinajstić information content (AvgIpc) is 2.26. The van der Waals surface area contributed by atoms with Crippen molar-refractivity contribution in [3.63, 3.8) is 0 Å². The van der Waals surface area contributed by atoms with Crippen LogP contribution in [0.4, 0.5) is 13.2 Å². The second-order valence-corrected chi connectivity index (χ2v) is 4.66. The lowest BCUT2D eigenvalue weighted by Crippen LogP contribution is -2.14. The monoisotopic (exact) mass is 307 g/mol. The molecule has 7 heteroatoms. The van der Waals surface area contributed by atoms with Gasteiger partial charge in [-0.15, -0.1) is 0 Å². The van der Waals surface area contributed by atoms with Crippen LogP contribution in [0, 0.1) is 0 Å². The molecule has 2 rings (SSSR count). The van der Waals surface area contributed by atoms with E-state index >= 15 is 0 Å². The first-order chi connectivity index (χ1) is 8.77. The van der Waals surface area contributed by atoms with Gasteiger partial charge in [0.1, 0.15) is 0 Å². The number of nitrogens with one attached hydrogen (secondary N) is 1. The summed E-state index contributed by atoms with van der Waals surface area (Å²) in [6.07, 6.45) is -3.92. The van der Waals surface area contributed by atoms with Crippen molar-refractivity contribution in [3.8, 4) is 11.1 Å². The van der Waals surface area contributed by atoms with E-state index in [1.807, 2.05) is 0 Å². The number of aromatic nitrogens is 1. The van der Waals surface area contributed by atoms with Gasteiger partial charge in [0.15, 0.2) is 0 Å². The Bertz CT molecular complexity index is 659. The molecule has 1 heterocycles. The highest BCUT2D eigenvalue weighted by Gasteiger charge is 2.31. The van der Waals surface area contributed by atoms with E-state index in [4.69, 9.17) is 23.2 Å². The predicted octanol–water partition coefficient (Wildman–Crippen LogP) is 4.37. The number of halogens is 5. The maximum Gasteiger partial charge on any atom is 0.417 e. The largest absolute Gasteiger partial charge is 0.417 e. The van der Waals surface area contributed by atoms with Gasteiger partial charge in [-0.2, -0.15) is 13.2 Å². The molecule has 100 valence electrons. The predicted molar refractivity (Wildman–Crippen MR) is 67.5 cm³/mol. The smallest absolute Gasteiger partial charge is 0.328 e. The van der Waals surface area contributed by atoms with Crippen LogP contribution in [0.25, 0.3) is 11.1 Å². The molecule has 0 aliphatic carbocycles. The van der Waals surface area contributed by atoms with E-state index in [0.29, 0.717) is 6.20 Å². The van der Waals surface area contributed by atoms with Crippen LogP contribution in [0.15, 0.2) is 35.3 Å². The van der Waals surface area contributed by atoms with Crippen molar-refractivity contribution in [2.75, 3.05) is 0 Å². The molecule has 1 aromatic heterocycles. The molecule has 2 nitrogen and oxygen atoms in total. The van der Waals surface area contributed by atoms with Gasteiger partial charge in [-0.1, -0.05) is 23.2 Å². The first-order valence-electron chi connectivity index (χ1n) is 5.04. The minimum Gasteiger partial charge on any atom is -0.328 e. The fraction of sp³-hybridized carbons (Fsp3) is 0.0833. The van der Waals surface area contributed by atoms with Crippen LogP contribution in [0.5, 0.6) is 0 Å². The Morgan fingerprint density at radius 3 is 2.11 bits per heavy atom. The number of benzene rings is 1. The SMILES string of the molecule is O=c1[nH]cc(C(F)(F)F)cc1-c1cc(Cl)cc(Cl)c1. The minimum atomic E-state index is -4.54. The zero-order chi connectivity index (χ0) is 14.2. The molecule has 19 heavy (non-hydrogen) atoms. The molecule has 0 atom stereocenters. The van der Waals surface area contributed by atoms with Crippen molar-refractivity contribution >= 4 is 23.2 Å². The summed E-state index contributed by atoms with van der Waals surface area (Å²) >= 11 is 11.5. The summed E-state index contributed by atoms with van der Waals surface area (Å²) in [7, 11) is 0. The van der Waals surface area contributed by atoms with Gasteiger partial charge in [0.2, 0.25) is 0 Å². The number of pyridine rings is 1. The summed E-state index contributed by atoms with van der Waals surface area (Å²) in [5, 5.41) is 0.471. The molecule has 0 spiro atoms. The van der Waals surface area contributed by atoms with Gasteiger partial charge in [-0.25, -0.2) is 0 Å². The lowest BCUT2D eigenvalue weighted by atomic mass is 10.1. The molecule has 0 aliphatic heterocycles. The van der Waals surface area contributed by atoms with Crippen LogP contribution in [-0.4, -0.2) is 4.98 Å². The number of H-pyrrole nitrogens is 1. The van der Waals surface area contributed by atoms with Crippen LogP contribution in [0.2, 0.25) is 10.0 Å². The van der Waals surface area contributed by atoms with Crippen molar-refractivity contribution < 1.29 is 13.2 Å². The topological polar surface area (TPSA) is 32.9 Å². The number of rotatable bonds is 1. The molecule has 1 aromatic carbocycles. The maximum atomic E-state index is 12.6. The zero-order valence-electron chi connectivity index (χ0n) is 9.18. The molecule has 0 saturated carbocycles. The normalized spacial score (nSPS) is 11.6. The Labute approximate surface area is 115 Å². The Morgan fingerprint density at radius 1 is 1.00 bits per heavy atom. The maximum absolute atomic E-state index is 12.6. The molecule has 0 aliphatic rings. The Balaban J connectivity index is 2.64. The van der Waals surface area contributed by atoms with Crippen molar-refractivity contribution in [1.29, 1.82) is 0 Å². The van der Waals surface area contributed by atoms with E-state index in [1.165, 1.54) is 18.2 Å². The number of hydrogen-bond acceptors (Lipinski definition) is 1. The second-order valence-electron chi connectivity index (χ2n) is 3.79. The lowest BCUT2D eigenvalue weighted by molar-refractivity contribution is -0.137. The standard InChI is InChI=1S/C12H6Cl2F3NO/c13-8-1-6(2-9(14)4-8)10-3-7(12(15,16)17)5-18-11(10)19/h1-5H,(H,18,19). The van der Waals surface area contributed by atoms with Crippen LogP contribution in [0.3, 0.4) is 0 Å². The third kappa shape index (κ3) is 3.11. The third-order valence-corrected chi connectivity index (χ3v) is 2.84. The van der Waals surface area contributed by atoms with Gasteiger partial charge in [-0.05, 0) is 29.8 Å². The molecule has 0 radical (unpaired) electrons. The number of aromatic amines is 1. The summed E-state index contributed by atoms with van der Waals surface area (Å²) in [5.74, 6) is 0. The zero-order valence-corrected chi connectivity index (χ0v) is 10.7. The third-order valence-electron chi connectivity index (χ3n) is 2.40. The van der Waals surface area contributed by atoms with E-state index in [-0.39, 0.29) is 21.2 Å². The Kier molecular flexibility index (Phi) is 3.60. The molecule has 2 aromatic rings. The van der Waals surface area contributed by atoms with E-state index in [9.17, 15) is 18.0 Å². The van der Waals surface area contributed by atoms with Gasteiger partial charge in [0.25, 0.3) is 5.56 Å². The van der Waals surface area contributed by atoms with Gasteiger partial charge < -0.3 is 4.98 Å². The van der Waals surface area contributed by atoms with Crippen LogP contribution >= 0.6 is 23.2 Å². The average molecular weight is 308 g/mol. The van der Waals surface area contributed by atoms with E-state index in [0.717, 1.165) is 6.07 Å². The number of alkyl halides is 3. The van der Waals surface area contributed by atoms with Crippen molar-refractivity contribution in [2.24, 2.45) is 0 Å². The molecule has 0 unspecified atom stereocenters. The van der Waals surface area contributed by atoms with E-state index in [1.54, 1.807) is 0 Å². The van der Waals surface area contributed by atoms with Crippen LogP contribution < -0.4 is 5.56 Å². The van der Waals surface area contributed by atoms with Crippen molar-refractivity contribution in [1.82, 2.24) is 4.98 Å². The molecule has 0 saturated heterocycles. The molecule has 0 fully saturated rings. The van der Waals surface area contributed by atoms with E-state index < -0.39 is 17.3 Å². The molecular weight excluding hydrogens is 302 g/mol. The Hall–Kier alpha value is -1.46. The van der Waals surface area contributed by atoms with Gasteiger partial charge >= 0.3 is 6.18 Å². The molecule has 0 amide bonds. The highest BCUT2D eigenvalue weighted by molar-refractivity contribution is 6.35. The summed E-state index contributed by atoms with van der Waals surface area (Å²) in [4.78, 5) is 13.7. The molecule has 1 N–H and O–H groups in total. The highest BCUT2D eigenvalue weighted by atomic mass is 35.5. The first kappa shape index (κ1) is 14.0. The van der Waals surface area contributed by atoms with Crippen LogP contribution in [-0.2, 0) is 6.18 Å². The minimum absolute atomic E-state index is 0.140. The molecule has 0 bridgehead atoms. The fourth-order valence-electron chi connectivity index (χ4n) is 1.57. The van der Waals surface area contributed by atoms with Crippen molar-refractivity contribution in [3.05, 3.63) is 56.4 Å². The lowest BCUT2D eigenvalue weighted by Gasteiger charge is -2.08. The van der Waals surface area contributed by atoms with Crippen LogP contribution in [0.1, 0.15) is 5.56 Å². The highest BCUT2D eigenvalue weighted by Crippen LogP contribution is 2.31. The van der Waals surface area contributed by atoms with Gasteiger partial charge in [-0.3, -0.25) is 4.79 Å². The Morgan fingerprint density at radius 2 is 1.58 bits per heavy atom. The van der Waals surface area contributed by atoms with E-state index in [2.05, 4.69) is 4.98 Å².